The maximum Gasteiger partial charge on any atom is 0.335 e. The first-order valence-corrected chi connectivity index (χ1v) is 6.15. The average Bonchev–Trinajstić information content (AvgIpc) is 2.82. The molecule has 1 heterocycles. The summed E-state index contributed by atoms with van der Waals surface area (Å²) in [5.74, 6) is 0.595. The van der Waals surface area contributed by atoms with Crippen LogP contribution in [0.1, 0.15) is 42.4 Å². The summed E-state index contributed by atoms with van der Waals surface area (Å²) in [6.45, 7) is 4.35. The first-order valence-electron chi connectivity index (χ1n) is 6.15. The lowest BCUT2D eigenvalue weighted by atomic mass is 10.1. The summed E-state index contributed by atoms with van der Waals surface area (Å²) >= 11 is 0. The van der Waals surface area contributed by atoms with Crippen LogP contribution in [-0.2, 0) is 0 Å². The van der Waals surface area contributed by atoms with E-state index in [1.165, 1.54) is 12.1 Å². The first-order chi connectivity index (χ1) is 8.97. The van der Waals surface area contributed by atoms with Crippen molar-refractivity contribution in [1.82, 2.24) is 10.1 Å². The van der Waals surface area contributed by atoms with E-state index in [9.17, 15) is 4.79 Å². The molecule has 0 spiro atoms. The Balaban J connectivity index is 1.85. The number of carboxylic acid groups (broad SMARTS) is 1. The fraction of sp³-hybridized carbons (Fsp3) is 0.357. The van der Waals surface area contributed by atoms with Crippen LogP contribution in [0.25, 0.3) is 11.5 Å². The van der Waals surface area contributed by atoms with Gasteiger partial charge in [0, 0.05) is 11.5 Å². The van der Waals surface area contributed by atoms with Gasteiger partial charge in [-0.1, -0.05) is 19.0 Å². The normalized spacial score (nSPS) is 20.2. The van der Waals surface area contributed by atoms with Crippen molar-refractivity contribution in [3.8, 4) is 11.5 Å². The summed E-state index contributed by atoms with van der Waals surface area (Å²) < 4.78 is 5.24. The van der Waals surface area contributed by atoms with Crippen LogP contribution in [0.4, 0.5) is 0 Å². The van der Waals surface area contributed by atoms with Gasteiger partial charge in [0.05, 0.1) is 5.56 Å². The number of hydrogen-bond acceptors (Lipinski definition) is 4. The summed E-state index contributed by atoms with van der Waals surface area (Å²) in [5.41, 5.74) is 1.24. The van der Waals surface area contributed by atoms with E-state index in [0.29, 0.717) is 11.8 Å². The smallest absolute Gasteiger partial charge is 0.335 e. The number of carboxylic acids is 1. The van der Waals surface area contributed by atoms with Gasteiger partial charge in [-0.2, -0.15) is 4.98 Å². The Hall–Kier alpha value is -2.17. The van der Waals surface area contributed by atoms with Gasteiger partial charge in [0.15, 0.2) is 5.82 Å². The van der Waals surface area contributed by atoms with E-state index in [-0.39, 0.29) is 11.0 Å². The third-order valence-electron chi connectivity index (χ3n) is 3.65. The minimum atomic E-state index is -0.947. The Labute approximate surface area is 110 Å². The lowest BCUT2D eigenvalue weighted by molar-refractivity contribution is 0.0697. The molecule has 3 rings (SSSR count). The minimum absolute atomic E-state index is 0.242. The molecule has 0 aliphatic heterocycles. The van der Waals surface area contributed by atoms with Gasteiger partial charge in [0.2, 0.25) is 0 Å². The van der Waals surface area contributed by atoms with Crippen LogP contribution < -0.4 is 0 Å². The summed E-state index contributed by atoms with van der Waals surface area (Å²) in [5, 5.41) is 12.8. The third kappa shape index (κ3) is 2.12. The molecular weight excluding hydrogens is 244 g/mol. The molecule has 2 aromatic rings. The second kappa shape index (κ2) is 3.91. The van der Waals surface area contributed by atoms with Crippen LogP contribution in [0.3, 0.4) is 0 Å². The number of benzene rings is 1. The van der Waals surface area contributed by atoms with E-state index in [1.54, 1.807) is 12.1 Å². The molecule has 1 atom stereocenters. The summed E-state index contributed by atoms with van der Waals surface area (Å²) in [7, 11) is 0. The van der Waals surface area contributed by atoms with Gasteiger partial charge >= 0.3 is 5.97 Å². The van der Waals surface area contributed by atoms with E-state index in [1.807, 2.05) is 0 Å². The lowest BCUT2D eigenvalue weighted by Gasteiger charge is -1.96. The summed E-state index contributed by atoms with van der Waals surface area (Å²) in [6, 6.07) is 6.42. The van der Waals surface area contributed by atoms with Gasteiger partial charge in [-0.3, -0.25) is 0 Å². The molecule has 1 aromatic carbocycles. The van der Waals surface area contributed by atoms with Crippen molar-refractivity contribution in [3.05, 3.63) is 35.7 Å². The number of rotatable bonds is 3. The molecule has 1 fully saturated rings. The molecule has 1 aromatic heterocycles. The van der Waals surface area contributed by atoms with Crippen LogP contribution in [-0.4, -0.2) is 21.2 Å². The molecule has 19 heavy (non-hydrogen) atoms. The molecule has 98 valence electrons. The molecule has 5 nitrogen and oxygen atoms in total. The molecule has 1 saturated carbocycles. The van der Waals surface area contributed by atoms with Gasteiger partial charge in [0.25, 0.3) is 5.89 Å². The Kier molecular flexibility index (Phi) is 2.45. The molecular formula is C14H14N2O3. The highest BCUT2D eigenvalue weighted by molar-refractivity contribution is 5.88. The number of carbonyl (C=O) groups is 1. The summed E-state index contributed by atoms with van der Waals surface area (Å²) in [6.07, 6.45) is 1.07. The zero-order chi connectivity index (χ0) is 13.6. The Morgan fingerprint density at radius 1 is 1.37 bits per heavy atom. The third-order valence-corrected chi connectivity index (χ3v) is 3.65. The Morgan fingerprint density at radius 3 is 2.53 bits per heavy atom. The second-order valence-electron chi connectivity index (χ2n) is 5.59. The van der Waals surface area contributed by atoms with Crippen molar-refractivity contribution in [3.63, 3.8) is 0 Å². The second-order valence-corrected chi connectivity index (χ2v) is 5.59. The maximum absolute atomic E-state index is 10.8. The fourth-order valence-electron chi connectivity index (χ4n) is 2.16. The zero-order valence-corrected chi connectivity index (χ0v) is 10.8. The molecule has 0 amide bonds. The van der Waals surface area contributed by atoms with E-state index < -0.39 is 5.97 Å². The molecule has 1 aliphatic rings. The Morgan fingerprint density at radius 2 is 2.00 bits per heavy atom. The fourth-order valence-corrected chi connectivity index (χ4v) is 2.16. The van der Waals surface area contributed by atoms with Gasteiger partial charge in [-0.05, 0) is 36.1 Å². The quantitative estimate of drug-likeness (QED) is 0.915. The standard InChI is InChI=1S/C14H14N2O3/c1-14(2)7-10(14)11-15-12(19-16-11)8-3-5-9(6-4-8)13(17)18/h3-6,10H,7H2,1-2H3,(H,17,18). The van der Waals surface area contributed by atoms with Gasteiger partial charge in [0.1, 0.15) is 0 Å². The zero-order valence-electron chi connectivity index (χ0n) is 10.8. The monoisotopic (exact) mass is 258 g/mol. The highest BCUT2D eigenvalue weighted by atomic mass is 16.5. The van der Waals surface area contributed by atoms with Crippen molar-refractivity contribution < 1.29 is 14.4 Å². The van der Waals surface area contributed by atoms with Crippen LogP contribution in [0.5, 0.6) is 0 Å². The van der Waals surface area contributed by atoms with E-state index >= 15 is 0 Å². The van der Waals surface area contributed by atoms with E-state index in [2.05, 4.69) is 24.0 Å². The molecule has 5 heteroatoms. The van der Waals surface area contributed by atoms with E-state index in [4.69, 9.17) is 9.63 Å². The van der Waals surface area contributed by atoms with Gasteiger partial charge in [-0.25, -0.2) is 4.79 Å². The molecule has 1 unspecified atom stereocenters. The highest BCUT2D eigenvalue weighted by Crippen LogP contribution is 2.57. The SMILES string of the molecule is CC1(C)CC1c1noc(-c2ccc(C(=O)O)cc2)n1. The van der Waals surface area contributed by atoms with Crippen molar-refractivity contribution in [1.29, 1.82) is 0 Å². The summed E-state index contributed by atoms with van der Waals surface area (Å²) in [4.78, 5) is 15.2. The van der Waals surface area contributed by atoms with Crippen molar-refractivity contribution in [2.45, 2.75) is 26.2 Å². The van der Waals surface area contributed by atoms with Crippen molar-refractivity contribution in [2.75, 3.05) is 0 Å². The predicted molar refractivity (Wildman–Crippen MR) is 67.8 cm³/mol. The Bertz CT molecular complexity index is 628. The van der Waals surface area contributed by atoms with Crippen molar-refractivity contribution in [2.24, 2.45) is 5.41 Å². The van der Waals surface area contributed by atoms with Crippen LogP contribution in [0, 0.1) is 5.41 Å². The molecule has 1 aliphatic carbocycles. The number of aromatic nitrogens is 2. The predicted octanol–water partition coefficient (Wildman–Crippen LogP) is 2.95. The van der Waals surface area contributed by atoms with Gasteiger partial charge < -0.3 is 9.63 Å². The molecule has 0 radical (unpaired) electrons. The lowest BCUT2D eigenvalue weighted by Crippen LogP contribution is -1.95. The first kappa shape index (κ1) is 11.9. The van der Waals surface area contributed by atoms with Gasteiger partial charge in [-0.15, -0.1) is 0 Å². The topological polar surface area (TPSA) is 76.2 Å². The largest absolute Gasteiger partial charge is 0.478 e. The maximum atomic E-state index is 10.8. The molecule has 0 bridgehead atoms. The minimum Gasteiger partial charge on any atom is -0.478 e. The molecule has 1 N–H and O–H groups in total. The van der Waals surface area contributed by atoms with Crippen molar-refractivity contribution >= 4 is 5.97 Å². The van der Waals surface area contributed by atoms with Crippen LogP contribution in [0.2, 0.25) is 0 Å². The molecule has 0 saturated heterocycles. The number of nitrogens with zero attached hydrogens (tertiary/aromatic N) is 2. The van der Waals surface area contributed by atoms with Crippen LogP contribution >= 0.6 is 0 Å². The van der Waals surface area contributed by atoms with Crippen LogP contribution in [0.15, 0.2) is 28.8 Å². The number of hydrogen-bond donors (Lipinski definition) is 1. The highest BCUT2D eigenvalue weighted by Gasteiger charge is 2.49. The van der Waals surface area contributed by atoms with E-state index in [0.717, 1.165) is 17.8 Å². The number of aromatic carboxylic acids is 1. The average molecular weight is 258 g/mol.